The number of rotatable bonds is 4. The first kappa shape index (κ1) is 14.9. The van der Waals surface area contributed by atoms with Gasteiger partial charge in [-0.2, -0.15) is 5.26 Å². The number of halogens is 2. The van der Waals surface area contributed by atoms with E-state index in [1.807, 2.05) is 42.5 Å². The first-order chi connectivity index (χ1) is 9.67. The van der Waals surface area contributed by atoms with E-state index < -0.39 is 0 Å². The molecule has 3 heteroatoms. The lowest BCUT2D eigenvalue weighted by atomic mass is 9.81. The smallest absolute Gasteiger partial charge is 0.0781 e. The van der Waals surface area contributed by atoms with Crippen LogP contribution in [0.4, 0.5) is 0 Å². The minimum Gasteiger partial charge on any atom is -0.198 e. The molecule has 0 aromatic heterocycles. The van der Waals surface area contributed by atoms with Gasteiger partial charge in [0.25, 0.3) is 0 Å². The van der Waals surface area contributed by atoms with Crippen molar-refractivity contribution in [3.8, 4) is 6.07 Å². The maximum Gasteiger partial charge on any atom is 0.0781 e. The van der Waals surface area contributed by atoms with E-state index in [0.717, 1.165) is 17.5 Å². The van der Waals surface area contributed by atoms with Gasteiger partial charge in [0.2, 0.25) is 0 Å². The van der Waals surface area contributed by atoms with Crippen LogP contribution in [-0.2, 0) is 0 Å². The number of benzene rings is 2. The summed E-state index contributed by atoms with van der Waals surface area (Å²) in [6.07, 6.45) is 0.866. The number of nitriles is 1. The van der Waals surface area contributed by atoms with E-state index in [1.54, 1.807) is 6.07 Å². The van der Waals surface area contributed by atoms with Crippen molar-refractivity contribution in [1.29, 1.82) is 5.26 Å². The Labute approximate surface area is 129 Å². The van der Waals surface area contributed by atoms with Gasteiger partial charge in [-0.25, -0.2) is 0 Å². The molecule has 0 amide bonds. The molecule has 0 spiro atoms. The van der Waals surface area contributed by atoms with E-state index in [0.29, 0.717) is 10.0 Å². The third-order valence-corrected chi connectivity index (χ3v) is 4.25. The number of hydrogen-bond acceptors (Lipinski definition) is 1. The molecule has 0 heterocycles. The van der Waals surface area contributed by atoms with E-state index in [2.05, 4.69) is 13.0 Å². The molecule has 0 aliphatic rings. The van der Waals surface area contributed by atoms with Gasteiger partial charge < -0.3 is 0 Å². The maximum atomic E-state index is 9.56. The monoisotopic (exact) mass is 303 g/mol. The lowest BCUT2D eigenvalue weighted by molar-refractivity contribution is 0.607. The zero-order chi connectivity index (χ0) is 14.5. The van der Waals surface area contributed by atoms with Crippen molar-refractivity contribution in [1.82, 2.24) is 0 Å². The summed E-state index contributed by atoms with van der Waals surface area (Å²) in [4.78, 5) is 0. The van der Waals surface area contributed by atoms with Crippen LogP contribution in [0.15, 0.2) is 48.5 Å². The first-order valence-electron chi connectivity index (χ1n) is 6.57. The second kappa shape index (κ2) is 6.79. The molecule has 2 unspecified atom stereocenters. The molecule has 2 rings (SSSR count). The molecule has 102 valence electrons. The minimum atomic E-state index is -0.182. The first-order valence-corrected chi connectivity index (χ1v) is 7.32. The predicted octanol–water partition coefficient (Wildman–Crippen LogP) is 5.79. The highest BCUT2D eigenvalue weighted by atomic mass is 35.5. The molecule has 0 saturated heterocycles. The van der Waals surface area contributed by atoms with E-state index >= 15 is 0 Å². The highest BCUT2D eigenvalue weighted by Crippen LogP contribution is 2.37. The average molecular weight is 304 g/mol. The van der Waals surface area contributed by atoms with Crippen LogP contribution in [0.2, 0.25) is 10.0 Å². The molecule has 0 aliphatic carbocycles. The predicted molar refractivity (Wildman–Crippen MR) is 84.3 cm³/mol. The fraction of sp³-hybridized carbons (Fsp3) is 0.235. The molecule has 0 fully saturated rings. The Hall–Kier alpha value is -1.49. The molecule has 20 heavy (non-hydrogen) atoms. The Bertz CT molecular complexity index is 617. The third kappa shape index (κ3) is 3.15. The van der Waals surface area contributed by atoms with E-state index in [1.165, 1.54) is 0 Å². The number of nitrogens with zero attached hydrogens (tertiary/aromatic N) is 1. The summed E-state index contributed by atoms with van der Waals surface area (Å²) >= 11 is 12.1. The molecule has 0 saturated carbocycles. The lowest BCUT2D eigenvalue weighted by Gasteiger charge is -2.22. The molecule has 2 aromatic rings. The zero-order valence-corrected chi connectivity index (χ0v) is 12.7. The van der Waals surface area contributed by atoms with Crippen LogP contribution in [0.5, 0.6) is 0 Å². The summed E-state index contributed by atoms with van der Waals surface area (Å²) in [6, 6.07) is 17.9. The largest absolute Gasteiger partial charge is 0.198 e. The van der Waals surface area contributed by atoms with Crippen molar-refractivity contribution in [2.45, 2.75) is 25.2 Å². The van der Waals surface area contributed by atoms with Crippen LogP contribution < -0.4 is 0 Å². The Kier molecular flexibility index (Phi) is 5.06. The second-order valence-electron chi connectivity index (χ2n) is 4.71. The molecule has 1 nitrogen and oxygen atoms in total. The minimum absolute atomic E-state index is 0.108. The van der Waals surface area contributed by atoms with Crippen molar-refractivity contribution >= 4 is 23.2 Å². The Morgan fingerprint density at radius 2 is 1.70 bits per heavy atom. The van der Waals surface area contributed by atoms with Gasteiger partial charge in [-0.3, -0.25) is 0 Å². The highest BCUT2D eigenvalue weighted by molar-refractivity contribution is 6.42. The molecule has 0 N–H and O–H groups in total. The Morgan fingerprint density at radius 1 is 1.00 bits per heavy atom. The van der Waals surface area contributed by atoms with Crippen molar-refractivity contribution < 1.29 is 0 Å². The fourth-order valence-electron chi connectivity index (χ4n) is 2.46. The Morgan fingerprint density at radius 3 is 2.25 bits per heavy atom. The standard InChI is InChI=1S/C17H15Cl2N/c1-2-14(13-8-9-16(18)17(19)10-13)15(11-20)12-6-4-3-5-7-12/h3-10,14-15H,2H2,1H3. The summed E-state index contributed by atoms with van der Waals surface area (Å²) in [5, 5.41) is 10.6. The molecule has 2 aromatic carbocycles. The van der Waals surface area contributed by atoms with Gasteiger partial charge in [-0.15, -0.1) is 0 Å². The molecular weight excluding hydrogens is 289 g/mol. The summed E-state index contributed by atoms with van der Waals surface area (Å²) < 4.78 is 0. The van der Waals surface area contributed by atoms with Gasteiger partial charge in [-0.1, -0.05) is 66.5 Å². The second-order valence-corrected chi connectivity index (χ2v) is 5.52. The topological polar surface area (TPSA) is 23.8 Å². The summed E-state index contributed by atoms with van der Waals surface area (Å²) in [7, 11) is 0. The van der Waals surface area contributed by atoms with Crippen LogP contribution in [0.1, 0.15) is 36.3 Å². The van der Waals surface area contributed by atoms with Crippen LogP contribution in [0.25, 0.3) is 0 Å². The van der Waals surface area contributed by atoms with E-state index in [-0.39, 0.29) is 11.8 Å². The average Bonchev–Trinajstić information content (AvgIpc) is 2.48. The van der Waals surface area contributed by atoms with Crippen molar-refractivity contribution in [2.24, 2.45) is 0 Å². The van der Waals surface area contributed by atoms with Gasteiger partial charge in [0, 0.05) is 5.92 Å². The Balaban J connectivity index is 2.40. The maximum absolute atomic E-state index is 9.56. The van der Waals surface area contributed by atoms with Crippen molar-refractivity contribution in [3.05, 3.63) is 69.7 Å². The van der Waals surface area contributed by atoms with Gasteiger partial charge in [0.1, 0.15) is 0 Å². The SMILES string of the molecule is CCC(c1ccc(Cl)c(Cl)c1)C(C#N)c1ccccc1. The van der Waals surface area contributed by atoms with Crippen LogP contribution in [-0.4, -0.2) is 0 Å². The quantitative estimate of drug-likeness (QED) is 0.701. The van der Waals surface area contributed by atoms with Crippen LogP contribution in [0, 0.1) is 11.3 Å². The molecular formula is C17H15Cl2N. The fourth-order valence-corrected chi connectivity index (χ4v) is 2.77. The number of hydrogen-bond donors (Lipinski definition) is 0. The lowest BCUT2D eigenvalue weighted by Crippen LogP contribution is -2.09. The van der Waals surface area contributed by atoms with Gasteiger partial charge in [0.15, 0.2) is 0 Å². The van der Waals surface area contributed by atoms with Gasteiger partial charge in [-0.05, 0) is 29.7 Å². The molecule has 0 aliphatic heterocycles. The van der Waals surface area contributed by atoms with E-state index in [4.69, 9.17) is 23.2 Å². The summed E-state index contributed by atoms with van der Waals surface area (Å²) in [5.74, 6) is -0.0735. The zero-order valence-electron chi connectivity index (χ0n) is 11.2. The summed E-state index contributed by atoms with van der Waals surface area (Å²) in [5.41, 5.74) is 2.09. The van der Waals surface area contributed by atoms with Crippen LogP contribution >= 0.6 is 23.2 Å². The molecule has 2 atom stereocenters. The van der Waals surface area contributed by atoms with Crippen molar-refractivity contribution in [3.63, 3.8) is 0 Å². The highest BCUT2D eigenvalue weighted by Gasteiger charge is 2.23. The van der Waals surface area contributed by atoms with Crippen molar-refractivity contribution in [2.75, 3.05) is 0 Å². The van der Waals surface area contributed by atoms with Gasteiger partial charge in [0.05, 0.1) is 22.0 Å². The van der Waals surface area contributed by atoms with E-state index in [9.17, 15) is 5.26 Å². The normalized spacial score (nSPS) is 13.5. The third-order valence-electron chi connectivity index (χ3n) is 3.51. The van der Waals surface area contributed by atoms with Crippen LogP contribution in [0.3, 0.4) is 0 Å². The summed E-state index contributed by atoms with van der Waals surface area (Å²) in [6.45, 7) is 2.08. The molecule has 0 bridgehead atoms. The van der Waals surface area contributed by atoms with Gasteiger partial charge >= 0.3 is 0 Å². The molecule has 0 radical (unpaired) electrons.